The number of anilines is 1. The van der Waals surface area contributed by atoms with Gasteiger partial charge in [-0.25, -0.2) is 4.79 Å². The number of carbonyl (C=O) groups excluding carboxylic acids is 2. The van der Waals surface area contributed by atoms with Crippen LogP contribution < -0.4 is 15.4 Å². The Morgan fingerprint density at radius 1 is 1.15 bits per heavy atom. The molecule has 0 aliphatic heterocycles. The molecule has 2 amide bonds. The summed E-state index contributed by atoms with van der Waals surface area (Å²) >= 11 is 0. The third-order valence-corrected chi connectivity index (χ3v) is 3.44. The van der Waals surface area contributed by atoms with E-state index in [4.69, 9.17) is 14.3 Å². The van der Waals surface area contributed by atoms with Gasteiger partial charge in [0.1, 0.15) is 17.1 Å². The summed E-state index contributed by atoms with van der Waals surface area (Å²) in [5, 5.41) is 14.3. The molecule has 0 bridgehead atoms. The largest absolute Gasteiger partial charge is 0.484 e. The Morgan fingerprint density at radius 2 is 1.85 bits per heavy atom. The number of aryl methyl sites for hydroxylation is 1. The topological polar surface area (TPSA) is 118 Å². The number of likely N-dealkylation sites (N-methyl/N-ethyl adjacent to an activating group) is 1. The Morgan fingerprint density at radius 3 is 2.38 bits per heavy atom. The zero-order valence-electron chi connectivity index (χ0n) is 14.5. The van der Waals surface area contributed by atoms with Crippen LogP contribution in [0.25, 0.3) is 0 Å². The average molecular weight is 360 g/mol. The Bertz CT molecular complexity index is 795. The number of hydrogen-bond donors (Lipinski definition) is 3. The van der Waals surface area contributed by atoms with E-state index in [0.29, 0.717) is 24.4 Å². The molecule has 0 aliphatic carbocycles. The number of benzene rings is 1. The van der Waals surface area contributed by atoms with Crippen LogP contribution in [0.2, 0.25) is 0 Å². The van der Waals surface area contributed by atoms with E-state index in [-0.39, 0.29) is 29.6 Å². The second-order valence-corrected chi connectivity index (χ2v) is 5.33. The zero-order chi connectivity index (χ0) is 19.1. The Balaban J connectivity index is 1.99. The van der Waals surface area contributed by atoms with Crippen molar-refractivity contribution < 1.29 is 28.6 Å². The predicted octanol–water partition coefficient (Wildman–Crippen LogP) is 2.31. The van der Waals surface area contributed by atoms with E-state index < -0.39 is 11.9 Å². The maximum atomic E-state index is 12.2. The third-order valence-electron chi connectivity index (χ3n) is 3.44. The molecule has 0 unspecified atom stereocenters. The molecule has 8 nitrogen and oxygen atoms in total. The normalized spacial score (nSPS) is 10.2. The number of aromatic carboxylic acids is 1. The molecule has 0 fully saturated rings. The fourth-order valence-electron chi connectivity index (χ4n) is 2.21. The Labute approximate surface area is 150 Å². The molecule has 0 spiro atoms. The summed E-state index contributed by atoms with van der Waals surface area (Å²) in [4.78, 5) is 34.7. The van der Waals surface area contributed by atoms with Crippen molar-refractivity contribution in [1.29, 1.82) is 0 Å². The van der Waals surface area contributed by atoms with Gasteiger partial charge in [0.05, 0.1) is 0 Å². The number of nitrogens with one attached hydrogen (secondary N) is 2. The summed E-state index contributed by atoms with van der Waals surface area (Å²) in [6.07, 6.45) is 0.368. The van der Waals surface area contributed by atoms with Gasteiger partial charge in [0, 0.05) is 24.7 Å². The van der Waals surface area contributed by atoms with E-state index in [2.05, 4.69) is 10.6 Å². The zero-order valence-corrected chi connectivity index (χ0v) is 14.5. The minimum absolute atomic E-state index is 0.0215. The fraction of sp³-hybridized carbons (Fsp3) is 0.278. The highest BCUT2D eigenvalue weighted by atomic mass is 16.5. The molecule has 26 heavy (non-hydrogen) atoms. The van der Waals surface area contributed by atoms with E-state index in [1.807, 2.05) is 6.92 Å². The highest BCUT2D eigenvalue weighted by Gasteiger charge is 2.20. The van der Waals surface area contributed by atoms with Crippen LogP contribution in [0.1, 0.15) is 40.5 Å². The highest BCUT2D eigenvalue weighted by Crippen LogP contribution is 2.20. The first-order valence-electron chi connectivity index (χ1n) is 8.11. The lowest BCUT2D eigenvalue weighted by atomic mass is 10.2. The number of carbonyl (C=O) groups is 3. The SMILES string of the molecule is CCNC(=O)COc1ccc(NC(=O)c2cc(C(=O)O)c(CC)o2)cc1. The molecule has 0 saturated carbocycles. The van der Waals surface area contributed by atoms with Gasteiger partial charge in [-0.1, -0.05) is 6.92 Å². The van der Waals surface area contributed by atoms with Gasteiger partial charge in [0.15, 0.2) is 12.4 Å². The maximum absolute atomic E-state index is 12.2. The number of rotatable bonds is 8. The summed E-state index contributed by atoms with van der Waals surface area (Å²) in [6.45, 7) is 4.00. The van der Waals surface area contributed by atoms with E-state index in [1.165, 1.54) is 6.07 Å². The van der Waals surface area contributed by atoms with Gasteiger partial charge in [0.2, 0.25) is 0 Å². The number of carboxylic acid groups (broad SMARTS) is 1. The molecule has 8 heteroatoms. The lowest BCUT2D eigenvalue weighted by molar-refractivity contribution is -0.122. The number of carboxylic acids is 1. The maximum Gasteiger partial charge on any atom is 0.339 e. The van der Waals surface area contributed by atoms with Crippen molar-refractivity contribution in [2.45, 2.75) is 20.3 Å². The molecule has 0 atom stereocenters. The van der Waals surface area contributed by atoms with E-state index >= 15 is 0 Å². The molecule has 2 rings (SSSR count). The summed E-state index contributed by atoms with van der Waals surface area (Å²) in [6, 6.07) is 7.63. The van der Waals surface area contributed by atoms with E-state index in [0.717, 1.165) is 0 Å². The first kappa shape index (κ1) is 19.0. The molecule has 2 aromatic rings. The van der Waals surface area contributed by atoms with Gasteiger partial charge in [0.25, 0.3) is 11.8 Å². The predicted molar refractivity (Wildman–Crippen MR) is 93.6 cm³/mol. The molecule has 1 aromatic carbocycles. The second kappa shape index (κ2) is 8.70. The average Bonchev–Trinajstić information content (AvgIpc) is 3.06. The fourth-order valence-corrected chi connectivity index (χ4v) is 2.21. The van der Waals surface area contributed by atoms with Crippen LogP contribution in [0.3, 0.4) is 0 Å². The standard InChI is InChI=1S/C18H20N2O6/c1-3-14-13(18(23)24)9-15(26-14)17(22)20-11-5-7-12(8-6-11)25-10-16(21)19-4-2/h5-9H,3-4,10H2,1-2H3,(H,19,21)(H,20,22)(H,23,24). The van der Waals surface area contributed by atoms with Crippen molar-refractivity contribution in [2.75, 3.05) is 18.5 Å². The van der Waals surface area contributed by atoms with Crippen molar-refractivity contribution in [1.82, 2.24) is 5.32 Å². The van der Waals surface area contributed by atoms with Crippen LogP contribution in [0.15, 0.2) is 34.7 Å². The highest BCUT2D eigenvalue weighted by molar-refractivity contribution is 6.04. The first-order valence-corrected chi connectivity index (χ1v) is 8.11. The van der Waals surface area contributed by atoms with Crippen molar-refractivity contribution in [2.24, 2.45) is 0 Å². The minimum Gasteiger partial charge on any atom is -0.484 e. The molecule has 0 saturated heterocycles. The summed E-state index contributed by atoms with van der Waals surface area (Å²) in [5.41, 5.74) is 0.457. The van der Waals surface area contributed by atoms with Gasteiger partial charge in [-0.05, 0) is 31.2 Å². The van der Waals surface area contributed by atoms with Gasteiger partial charge in [-0.2, -0.15) is 0 Å². The number of ether oxygens (including phenoxy) is 1. The molecular weight excluding hydrogens is 340 g/mol. The number of hydrogen-bond acceptors (Lipinski definition) is 5. The second-order valence-electron chi connectivity index (χ2n) is 5.33. The lowest BCUT2D eigenvalue weighted by Crippen LogP contribution is -2.28. The molecule has 0 radical (unpaired) electrons. The molecule has 0 aliphatic rings. The molecule has 1 aromatic heterocycles. The third kappa shape index (κ3) is 4.85. The smallest absolute Gasteiger partial charge is 0.339 e. The summed E-state index contributed by atoms with van der Waals surface area (Å²) in [7, 11) is 0. The molecule has 1 heterocycles. The summed E-state index contributed by atoms with van der Waals surface area (Å²) in [5.74, 6) is -1.26. The Kier molecular flexibility index (Phi) is 6.37. The van der Waals surface area contributed by atoms with Gasteiger partial charge in [-0.15, -0.1) is 0 Å². The molecule has 138 valence electrons. The number of amides is 2. The van der Waals surface area contributed by atoms with Crippen LogP contribution in [-0.4, -0.2) is 36.0 Å². The molecule has 3 N–H and O–H groups in total. The monoisotopic (exact) mass is 360 g/mol. The van der Waals surface area contributed by atoms with E-state index in [9.17, 15) is 14.4 Å². The lowest BCUT2D eigenvalue weighted by Gasteiger charge is -2.07. The molecular formula is C18H20N2O6. The Hall–Kier alpha value is -3.29. The van der Waals surface area contributed by atoms with Crippen molar-refractivity contribution in [3.05, 3.63) is 47.4 Å². The van der Waals surface area contributed by atoms with Crippen LogP contribution in [0.5, 0.6) is 5.75 Å². The van der Waals surface area contributed by atoms with Crippen molar-refractivity contribution >= 4 is 23.5 Å². The van der Waals surface area contributed by atoms with E-state index in [1.54, 1.807) is 31.2 Å². The van der Waals surface area contributed by atoms with Crippen molar-refractivity contribution in [3.63, 3.8) is 0 Å². The van der Waals surface area contributed by atoms with Crippen LogP contribution >= 0.6 is 0 Å². The van der Waals surface area contributed by atoms with Crippen molar-refractivity contribution in [3.8, 4) is 5.75 Å². The van der Waals surface area contributed by atoms with Crippen LogP contribution in [0, 0.1) is 0 Å². The quantitative estimate of drug-likeness (QED) is 0.665. The van der Waals surface area contributed by atoms with Crippen LogP contribution in [0.4, 0.5) is 5.69 Å². The van der Waals surface area contributed by atoms with Gasteiger partial charge < -0.3 is 24.9 Å². The van der Waals surface area contributed by atoms with Gasteiger partial charge >= 0.3 is 5.97 Å². The number of furan rings is 1. The first-order chi connectivity index (χ1) is 12.4. The summed E-state index contributed by atoms with van der Waals surface area (Å²) < 4.78 is 10.6. The van der Waals surface area contributed by atoms with Gasteiger partial charge in [-0.3, -0.25) is 9.59 Å². The minimum atomic E-state index is -1.14. The van der Waals surface area contributed by atoms with Crippen LogP contribution in [-0.2, 0) is 11.2 Å².